The molecule has 0 radical (unpaired) electrons. The first kappa shape index (κ1) is 10.9. The van der Waals surface area contributed by atoms with E-state index >= 15 is 0 Å². The molecule has 1 aliphatic rings. The van der Waals surface area contributed by atoms with Gasteiger partial charge in [-0.2, -0.15) is 0 Å². The summed E-state index contributed by atoms with van der Waals surface area (Å²) in [5.41, 5.74) is 0. The van der Waals surface area contributed by atoms with Crippen molar-refractivity contribution < 1.29 is 13.5 Å². The molecule has 0 saturated carbocycles. The first-order valence-electron chi connectivity index (χ1n) is 4.61. The van der Waals surface area contributed by atoms with E-state index in [2.05, 4.69) is 5.32 Å². The second kappa shape index (κ2) is 4.39. The normalized spacial score (nSPS) is 28.9. The zero-order valence-corrected chi connectivity index (χ0v) is 8.68. The lowest BCUT2D eigenvalue weighted by molar-refractivity contribution is 0.264. The van der Waals surface area contributed by atoms with Crippen molar-refractivity contribution in [3.63, 3.8) is 0 Å². The summed E-state index contributed by atoms with van der Waals surface area (Å²) in [7, 11) is -2.78. The minimum Gasteiger partial charge on any atom is -0.396 e. The first-order valence-corrected chi connectivity index (χ1v) is 6.43. The number of rotatable bonds is 4. The highest BCUT2D eigenvalue weighted by Gasteiger charge is 2.28. The molecule has 4 nitrogen and oxygen atoms in total. The third-order valence-electron chi connectivity index (χ3n) is 2.31. The molecule has 0 aromatic carbocycles. The van der Waals surface area contributed by atoms with E-state index in [1.54, 1.807) is 0 Å². The van der Waals surface area contributed by atoms with Crippen molar-refractivity contribution in [2.75, 3.05) is 18.1 Å². The van der Waals surface area contributed by atoms with Crippen molar-refractivity contribution in [3.05, 3.63) is 0 Å². The highest BCUT2D eigenvalue weighted by molar-refractivity contribution is 7.91. The van der Waals surface area contributed by atoms with Crippen LogP contribution in [0.15, 0.2) is 0 Å². The molecule has 2 unspecified atom stereocenters. The van der Waals surface area contributed by atoms with E-state index in [1.807, 2.05) is 6.92 Å². The van der Waals surface area contributed by atoms with Gasteiger partial charge in [-0.3, -0.25) is 0 Å². The molecule has 1 fully saturated rings. The van der Waals surface area contributed by atoms with Crippen LogP contribution in [0.2, 0.25) is 0 Å². The van der Waals surface area contributed by atoms with E-state index in [-0.39, 0.29) is 24.4 Å². The SMILES string of the molecule is CC(CCO)NC1CCS(=O)(=O)C1. The van der Waals surface area contributed by atoms with Crippen LogP contribution in [-0.4, -0.2) is 43.7 Å². The van der Waals surface area contributed by atoms with Crippen molar-refractivity contribution in [1.29, 1.82) is 0 Å². The zero-order valence-electron chi connectivity index (χ0n) is 7.86. The number of aliphatic hydroxyl groups excluding tert-OH is 1. The van der Waals surface area contributed by atoms with Gasteiger partial charge in [0.2, 0.25) is 0 Å². The van der Waals surface area contributed by atoms with Gasteiger partial charge in [-0.05, 0) is 19.8 Å². The summed E-state index contributed by atoms with van der Waals surface area (Å²) in [4.78, 5) is 0. The molecule has 5 heteroatoms. The Balaban J connectivity index is 2.32. The van der Waals surface area contributed by atoms with Crippen LogP contribution in [0.3, 0.4) is 0 Å². The van der Waals surface area contributed by atoms with Crippen LogP contribution in [0.1, 0.15) is 19.8 Å². The average Bonchev–Trinajstić information content (AvgIpc) is 2.30. The number of sulfone groups is 1. The van der Waals surface area contributed by atoms with Crippen LogP contribution in [0.4, 0.5) is 0 Å². The van der Waals surface area contributed by atoms with E-state index in [9.17, 15) is 8.42 Å². The fraction of sp³-hybridized carbons (Fsp3) is 1.00. The van der Waals surface area contributed by atoms with Gasteiger partial charge in [0.1, 0.15) is 0 Å². The molecule has 0 aliphatic carbocycles. The zero-order chi connectivity index (χ0) is 9.90. The van der Waals surface area contributed by atoms with Crippen LogP contribution in [0, 0.1) is 0 Å². The fourth-order valence-corrected chi connectivity index (χ4v) is 3.29. The molecule has 1 rings (SSSR count). The molecule has 2 atom stereocenters. The second-order valence-corrected chi connectivity index (χ2v) is 5.91. The van der Waals surface area contributed by atoms with Crippen molar-refractivity contribution in [3.8, 4) is 0 Å². The van der Waals surface area contributed by atoms with Crippen LogP contribution in [-0.2, 0) is 9.84 Å². The van der Waals surface area contributed by atoms with Crippen molar-refractivity contribution in [2.45, 2.75) is 31.8 Å². The predicted molar refractivity (Wildman–Crippen MR) is 51.4 cm³/mol. The van der Waals surface area contributed by atoms with Gasteiger partial charge in [-0.25, -0.2) is 8.42 Å². The largest absolute Gasteiger partial charge is 0.396 e. The Morgan fingerprint density at radius 2 is 2.31 bits per heavy atom. The Bertz CT molecular complexity index is 250. The fourth-order valence-electron chi connectivity index (χ4n) is 1.61. The Hall–Kier alpha value is -0.130. The summed E-state index contributed by atoms with van der Waals surface area (Å²) in [6.07, 6.45) is 1.38. The van der Waals surface area contributed by atoms with Crippen LogP contribution in [0.5, 0.6) is 0 Å². The summed E-state index contributed by atoms with van der Waals surface area (Å²) in [5, 5.41) is 11.9. The van der Waals surface area contributed by atoms with Crippen LogP contribution < -0.4 is 5.32 Å². The third kappa shape index (κ3) is 3.62. The van der Waals surface area contributed by atoms with Crippen molar-refractivity contribution in [2.24, 2.45) is 0 Å². The molecule has 0 bridgehead atoms. The van der Waals surface area contributed by atoms with Gasteiger partial charge < -0.3 is 10.4 Å². The second-order valence-electron chi connectivity index (χ2n) is 3.68. The summed E-state index contributed by atoms with van der Waals surface area (Å²) < 4.78 is 22.2. The quantitative estimate of drug-likeness (QED) is 0.654. The number of hydrogen-bond acceptors (Lipinski definition) is 4. The Morgan fingerprint density at radius 3 is 2.77 bits per heavy atom. The molecule has 0 aromatic rings. The molecule has 2 N–H and O–H groups in total. The molecule has 1 saturated heterocycles. The van der Waals surface area contributed by atoms with Gasteiger partial charge >= 0.3 is 0 Å². The number of hydrogen-bond donors (Lipinski definition) is 2. The van der Waals surface area contributed by atoms with E-state index in [1.165, 1.54) is 0 Å². The molecule has 78 valence electrons. The highest BCUT2D eigenvalue weighted by Crippen LogP contribution is 2.12. The maximum absolute atomic E-state index is 11.1. The van der Waals surface area contributed by atoms with E-state index in [0.29, 0.717) is 18.6 Å². The van der Waals surface area contributed by atoms with E-state index in [0.717, 1.165) is 0 Å². The minimum absolute atomic E-state index is 0.0894. The molecule has 0 spiro atoms. The van der Waals surface area contributed by atoms with E-state index in [4.69, 9.17) is 5.11 Å². The number of nitrogens with one attached hydrogen (secondary N) is 1. The molecule has 1 aliphatic heterocycles. The maximum Gasteiger partial charge on any atom is 0.151 e. The van der Waals surface area contributed by atoms with Gasteiger partial charge in [-0.1, -0.05) is 0 Å². The molecular weight excluding hydrogens is 190 g/mol. The molecule has 0 aromatic heterocycles. The third-order valence-corrected chi connectivity index (χ3v) is 4.08. The minimum atomic E-state index is -2.78. The van der Waals surface area contributed by atoms with E-state index < -0.39 is 9.84 Å². The first-order chi connectivity index (χ1) is 6.03. The van der Waals surface area contributed by atoms with Gasteiger partial charge in [0.15, 0.2) is 9.84 Å². The van der Waals surface area contributed by atoms with Gasteiger partial charge in [0.05, 0.1) is 11.5 Å². The maximum atomic E-state index is 11.1. The lowest BCUT2D eigenvalue weighted by Gasteiger charge is -2.16. The monoisotopic (exact) mass is 207 g/mol. The van der Waals surface area contributed by atoms with Gasteiger partial charge in [-0.15, -0.1) is 0 Å². The lowest BCUT2D eigenvalue weighted by Crippen LogP contribution is -2.37. The predicted octanol–water partition coefficient (Wildman–Crippen LogP) is -0.466. The topological polar surface area (TPSA) is 66.4 Å². The van der Waals surface area contributed by atoms with Gasteiger partial charge in [0, 0.05) is 18.7 Å². The smallest absolute Gasteiger partial charge is 0.151 e. The summed E-state index contributed by atoms with van der Waals surface area (Å²) in [5.74, 6) is 0.555. The highest BCUT2D eigenvalue weighted by atomic mass is 32.2. The molecular formula is C8H17NO3S. The lowest BCUT2D eigenvalue weighted by atomic mass is 10.2. The molecule has 1 heterocycles. The average molecular weight is 207 g/mol. The van der Waals surface area contributed by atoms with Crippen molar-refractivity contribution >= 4 is 9.84 Å². The van der Waals surface area contributed by atoms with Crippen LogP contribution >= 0.6 is 0 Å². The summed E-state index contributed by atoms with van der Waals surface area (Å²) >= 11 is 0. The number of aliphatic hydroxyl groups is 1. The standard InChI is InChI=1S/C8H17NO3S/c1-7(2-4-10)9-8-3-5-13(11,12)6-8/h7-10H,2-6H2,1H3. The molecule has 13 heavy (non-hydrogen) atoms. The summed E-state index contributed by atoms with van der Waals surface area (Å²) in [6, 6.07) is 0.287. The van der Waals surface area contributed by atoms with Crippen molar-refractivity contribution in [1.82, 2.24) is 5.32 Å². The van der Waals surface area contributed by atoms with Gasteiger partial charge in [0.25, 0.3) is 0 Å². The summed E-state index contributed by atoms with van der Waals surface area (Å²) in [6.45, 7) is 2.11. The Morgan fingerprint density at radius 1 is 1.62 bits per heavy atom. The molecule has 0 amide bonds. The van der Waals surface area contributed by atoms with Crippen LogP contribution in [0.25, 0.3) is 0 Å². The Kier molecular flexibility index (Phi) is 3.70. The Labute approximate surface area is 79.3 Å².